The van der Waals surface area contributed by atoms with E-state index in [4.69, 9.17) is 15.2 Å². The Morgan fingerprint density at radius 3 is 2.48 bits per heavy atom. The molecule has 5 atom stereocenters. The number of carbonyl (C=O) groups is 8. The third-order valence-corrected chi connectivity index (χ3v) is 20.2. The Balaban J connectivity index is 0.794. The van der Waals surface area contributed by atoms with E-state index >= 15 is 0 Å². The molecule has 0 aliphatic carbocycles. The number of nitrogens with one attached hydrogen (secondary N) is 3. The van der Waals surface area contributed by atoms with Crippen molar-refractivity contribution in [3.8, 4) is 11.5 Å². The van der Waals surface area contributed by atoms with Crippen molar-refractivity contribution < 1.29 is 79.4 Å². The molecule has 0 saturated carbocycles. The van der Waals surface area contributed by atoms with Crippen LogP contribution in [-0.2, 0) is 60.8 Å². The molecular weight excluding hydrogens is 1160 g/mol. The highest BCUT2D eigenvalue weighted by atomic mass is 32.2. The van der Waals surface area contributed by atoms with Gasteiger partial charge in [-0.2, -0.15) is 8.78 Å². The summed E-state index contributed by atoms with van der Waals surface area (Å²) < 4.78 is 78.2. The molecule has 4 saturated heterocycles. The summed E-state index contributed by atoms with van der Waals surface area (Å²) in [6.45, 7) is 2.57. The largest absolute Gasteiger partial charge is 0.492 e. The second kappa shape index (κ2) is 23.9. The van der Waals surface area contributed by atoms with E-state index in [9.17, 15) is 69.9 Å². The third-order valence-electron chi connectivity index (χ3n) is 17.0. The van der Waals surface area contributed by atoms with Crippen molar-refractivity contribution in [2.75, 3.05) is 52.2 Å². The summed E-state index contributed by atoms with van der Waals surface area (Å²) in [5.74, 6) is -3.20. The number of nitrogens with two attached hydrogens (primary N) is 1. The zero-order valence-corrected chi connectivity index (χ0v) is 48.4. The zero-order valence-electron chi connectivity index (χ0n) is 45.9. The molecule has 4 fully saturated rings. The van der Waals surface area contributed by atoms with Crippen molar-refractivity contribution in [3.05, 3.63) is 87.8 Å². The van der Waals surface area contributed by atoms with E-state index in [1.165, 1.54) is 51.1 Å². The van der Waals surface area contributed by atoms with Gasteiger partial charge in [0.25, 0.3) is 11.8 Å². The Morgan fingerprint density at radius 1 is 0.976 bits per heavy atom. The van der Waals surface area contributed by atoms with Crippen LogP contribution in [-0.4, -0.2) is 167 Å². The third kappa shape index (κ3) is 12.4. The second-order valence-corrected chi connectivity index (χ2v) is 27.3. The molecule has 450 valence electrons. The van der Waals surface area contributed by atoms with E-state index in [0.717, 1.165) is 66.8 Å². The molecule has 4 aromatic rings. The van der Waals surface area contributed by atoms with Gasteiger partial charge in [-0.05, 0) is 125 Å². The average molecular weight is 1220 g/mol. The molecule has 84 heavy (non-hydrogen) atoms. The number of imide groups is 1. The van der Waals surface area contributed by atoms with Gasteiger partial charge >= 0.3 is 13.3 Å². The van der Waals surface area contributed by atoms with Gasteiger partial charge in [0.1, 0.15) is 36.2 Å². The van der Waals surface area contributed by atoms with Gasteiger partial charge in [-0.1, -0.05) is 18.2 Å². The van der Waals surface area contributed by atoms with Gasteiger partial charge in [0.2, 0.25) is 35.4 Å². The van der Waals surface area contributed by atoms with Crippen LogP contribution >= 0.6 is 18.9 Å². The molecule has 28 heteroatoms. The predicted molar refractivity (Wildman–Crippen MR) is 298 cm³/mol. The Morgan fingerprint density at radius 2 is 1.75 bits per heavy atom. The van der Waals surface area contributed by atoms with Gasteiger partial charge < -0.3 is 55.2 Å². The van der Waals surface area contributed by atoms with Crippen LogP contribution in [0.4, 0.5) is 8.78 Å². The number of sulfone groups is 1. The lowest BCUT2D eigenvalue weighted by Gasteiger charge is -2.39. The number of likely N-dealkylation sites (tertiary alicyclic amines) is 1. The number of fused-ring (bicyclic) bond motifs is 6. The van der Waals surface area contributed by atoms with Crippen LogP contribution < -0.4 is 31.2 Å². The lowest BCUT2D eigenvalue weighted by atomic mass is 9.74. The first kappa shape index (κ1) is 60.2. The second-order valence-electron chi connectivity index (χ2n) is 22.6. The number of ether oxygens (including phenoxy) is 2. The van der Waals surface area contributed by atoms with Crippen LogP contribution in [0.3, 0.4) is 0 Å². The minimum absolute atomic E-state index is 0.00230. The van der Waals surface area contributed by atoms with Crippen LogP contribution in [0.15, 0.2) is 65.6 Å². The topological polar surface area (TPSA) is 322 Å². The number of benzene rings is 3. The fourth-order valence-electron chi connectivity index (χ4n) is 12.4. The summed E-state index contributed by atoms with van der Waals surface area (Å²) in [7, 11) is -9.50. The molecule has 0 radical (unpaired) electrons. The Hall–Kier alpha value is -6.90. The molecule has 7 heterocycles. The fourth-order valence-corrected chi connectivity index (χ4v) is 14.5. The first-order chi connectivity index (χ1) is 39.8. The maximum absolute atomic E-state index is 15.0. The van der Waals surface area contributed by atoms with Crippen molar-refractivity contribution in [2.24, 2.45) is 5.73 Å². The Bertz CT molecular complexity index is 3500. The molecule has 6 aliphatic heterocycles. The molecule has 23 nitrogen and oxygen atoms in total. The number of hydrogen-bond donors (Lipinski definition) is 6. The van der Waals surface area contributed by atoms with Gasteiger partial charge in [-0.15, -0.1) is 11.3 Å². The van der Waals surface area contributed by atoms with Crippen molar-refractivity contribution in [3.63, 3.8) is 0 Å². The molecule has 1 spiro atoms. The van der Waals surface area contributed by atoms with E-state index < -0.39 is 88.4 Å². The molecule has 0 unspecified atom stereocenters. The van der Waals surface area contributed by atoms with E-state index in [1.807, 2.05) is 12.1 Å². The molecule has 6 aliphatic rings. The maximum atomic E-state index is 15.0. The first-order valence-electron chi connectivity index (χ1n) is 27.9. The van der Waals surface area contributed by atoms with E-state index in [-0.39, 0.29) is 109 Å². The van der Waals surface area contributed by atoms with Crippen LogP contribution in [0.25, 0.3) is 10.1 Å². The van der Waals surface area contributed by atoms with Gasteiger partial charge in [0, 0.05) is 77.0 Å². The van der Waals surface area contributed by atoms with Crippen LogP contribution in [0.2, 0.25) is 0 Å². The number of rotatable bonds is 19. The number of unbranched alkanes of at least 4 members (excludes halogenated alkanes) is 1. The molecule has 10 rings (SSSR count). The summed E-state index contributed by atoms with van der Waals surface area (Å²) in [5.41, 5.74) is 2.03. The number of hydrogen-bond acceptors (Lipinski definition) is 15. The average Bonchev–Trinajstić information content (AvgIpc) is 1.97. The number of nitrogens with zero attached hydrogens (tertiary/aromatic N) is 4. The van der Waals surface area contributed by atoms with Gasteiger partial charge in [-0.25, -0.2) is 8.42 Å². The quantitative estimate of drug-likeness (QED) is 0.0445. The molecular formula is C56H65F2N8O15PS2. The number of thiophene rings is 1. The fraction of sp³-hybridized carbons (Fsp3) is 0.500. The summed E-state index contributed by atoms with van der Waals surface area (Å²) in [5, 5.41) is 8.05. The minimum atomic E-state index is -5.92. The minimum Gasteiger partial charge on any atom is -0.492 e. The van der Waals surface area contributed by atoms with Crippen LogP contribution in [0, 0.1) is 0 Å². The molecule has 7 N–H and O–H groups in total. The maximum Gasteiger partial charge on any atom is 0.399 e. The number of alkyl halides is 2. The smallest absolute Gasteiger partial charge is 0.399 e. The lowest BCUT2D eigenvalue weighted by Crippen LogP contribution is -2.61. The highest BCUT2D eigenvalue weighted by Gasteiger charge is 2.51. The van der Waals surface area contributed by atoms with Crippen LogP contribution in [0.5, 0.6) is 11.5 Å². The number of amides is 8. The monoisotopic (exact) mass is 1220 g/mol. The van der Waals surface area contributed by atoms with Crippen molar-refractivity contribution >= 4 is 86.1 Å². The van der Waals surface area contributed by atoms with Gasteiger partial charge in [-0.3, -0.25) is 48.2 Å². The normalized spacial score (nSPS) is 22.2. The molecule has 1 aromatic heterocycles. The number of halogens is 2. The van der Waals surface area contributed by atoms with E-state index in [0.29, 0.717) is 54.8 Å². The van der Waals surface area contributed by atoms with E-state index in [2.05, 4.69) is 20.9 Å². The first-order valence-corrected chi connectivity index (χ1v) is 32.2. The summed E-state index contributed by atoms with van der Waals surface area (Å²) in [6, 6.07) is 9.09. The summed E-state index contributed by atoms with van der Waals surface area (Å²) in [4.78, 5) is 133. The highest BCUT2D eigenvalue weighted by molar-refractivity contribution is 7.90. The zero-order chi connectivity index (χ0) is 60.0. The summed E-state index contributed by atoms with van der Waals surface area (Å²) >= 11 is 0.881. The molecule has 8 amide bonds. The molecule has 3 aromatic carbocycles. The number of primary amides is 1. The Kier molecular flexibility index (Phi) is 17.1. The van der Waals surface area contributed by atoms with Crippen molar-refractivity contribution in [2.45, 2.75) is 130 Å². The Labute approximate surface area is 486 Å². The number of piperidine rings is 2. The van der Waals surface area contributed by atoms with Crippen molar-refractivity contribution in [1.82, 2.24) is 35.6 Å². The highest BCUT2D eigenvalue weighted by Crippen LogP contribution is 2.59. The summed E-state index contributed by atoms with van der Waals surface area (Å²) in [6.07, 6.45) is 5.07. The standard InChI is InChI=1S/C56H65F2N8O15PS2/c1-84(78,79)37-6-4-5-36(27-37)80-30-34(9-16-46(59)67)60-51(71)43-13-10-35-18-22-64(29-41(54(74)66(35)43)61-52(72)45-26-32-25-33(8-15-44(32)83-45)56(57,58)82(75,76)77)48(69)7-2-3-21-63-23-19-55(20-24-63)31-81-49-39-28-65(42-14-17-47(68)62-50(42)70)53(73)38(39)11-12-40(49)55/h4-6,8,11-12,15,25-27,34-35,41-43H,2-3,7,9-10,13-14,16-24,28-31H2,1H3,(H2,59,67)(H,60,71)(H,61,72)(H,62,68,70)(H2,75,76,77)/t34-,35+,41-,42-,43-/m0/s1. The predicted octanol–water partition coefficient (Wildman–Crippen LogP) is 3.41. The van der Waals surface area contributed by atoms with Crippen molar-refractivity contribution in [1.29, 1.82) is 0 Å². The van der Waals surface area contributed by atoms with Gasteiger partial charge in [0.15, 0.2) is 9.84 Å². The lowest BCUT2D eigenvalue weighted by molar-refractivity contribution is -0.145. The number of carbonyl (C=O) groups excluding carboxylic acids is 8. The molecule has 0 bridgehead atoms. The van der Waals surface area contributed by atoms with Crippen LogP contribution in [0.1, 0.15) is 114 Å². The SMILES string of the molecule is CS(=O)(=O)c1cccc(OC[C@H](CCC(N)=O)NC(=O)[C@@H]2CC[C@@H]3CCN(C(=O)CCCCN4CCC5(CC4)COc4c5ccc5c4CN([C@H]4CCC(=O)NC4=O)C5=O)C[C@H](NC(=O)c4cc5cc(C(F)(F)P(=O)(O)O)ccc5s4)C(=O)N32)c1. The van der Waals surface area contributed by atoms with E-state index in [1.54, 1.807) is 0 Å². The van der Waals surface area contributed by atoms with Gasteiger partial charge in [0.05, 0.1) is 29.0 Å².